The SMILES string of the molecule is COC(=N)/C=C(/C/C(=C/NCC1CC1)C(C)=N)Nc1ccc(F)cc1COCc1ccccc1. The monoisotopic (exact) mass is 464 g/mol. The van der Waals surface area contributed by atoms with E-state index in [1.54, 1.807) is 19.1 Å². The van der Waals surface area contributed by atoms with Crippen molar-refractivity contribution >= 4 is 17.3 Å². The Morgan fingerprint density at radius 1 is 1.12 bits per heavy atom. The highest BCUT2D eigenvalue weighted by Gasteiger charge is 2.20. The van der Waals surface area contributed by atoms with Crippen LogP contribution < -0.4 is 10.6 Å². The molecule has 0 bridgehead atoms. The smallest absolute Gasteiger partial charge is 0.207 e. The van der Waals surface area contributed by atoms with Crippen molar-refractivity contribution < 1.29 is 13.9 Å². The van der Waals surface area contributed by atoms with Crippen molar-refractivity contribution in [2.75, 3.05) is 19.0 Å². The Balaban J connectivity index is 1.74. The summed E-state index contributed by atoms with van der Waals surface area (Å²) in [6.45, 7) is 3.28. The summed E-state index contributed by atoms with van der Waals surface area (Å²) < 4.78 is 24.9. The van der Waals surface area contributed by atoms with Crippen molar-refractivity contribution in [2.24, 2.45) is 5.92 Å². The molecule has 0 radical (unpaired) electrons. The van der Waals surface area contributed by atoms with Gasteiger partial charge in [-0.2, -0.15) is 0 Å². The van der Waals surface area contributed by atoms with Gasteiger partial charge in [0.1, 0.15) is 5.82 Å². The molecular formula is C27H33FN4O2. The van der Waals surface area contributed by atoms with Gasteiger partial charge < -0.3 is 25.5 Å². The van der Waals surface area contributed by atoms with Crippen molar-refractivity contribution in [3.8, 4) is 0 Å². The lowest BCUT2D eigenvalue weighted by molar-refractivity contribution is 0.107. The minimum atomic E-state index is -0.348. The molecule has 1 aliphatic rings. The molecule has 34 heavy (non-hydrogen) atoms. The van der Waals surface area contributed by atoms with Crippen LogP contribution in [0.3, 0.4) is 0 Å². The van der Waals surface area contributed by atoms with Crippen molar-refractivity contribution in [3.63, 3.8) is 0 Å². The molecule has 0 unspecified atom stereocenters. The van der Waals surface area contributed by atoms with Gasteiger partial charge in [-0.3, -0.25) is 5.41 Å². The number of ether oxygens (including phenoxy) is 2. The summed E-state index contributed by atoms with van der Waals surface area (Å²) in [6.07, 6.45) is 6.34. The van der Waals surface area contributed by atoms with Gasteiger partial charge in [0.25, 0.3) is 0 Å². The number of hydrogen-bond acceptors (Lipinski definition) is 6. The molecule has 0 spiro atoms. The second-order valence-corrected chi connectivity index (χ2v) is 8.47. The van der Waals surface area contributed by atoms with Crippen LogP contribution in [0.4, 0.5) is 10.1 Å². The molecule has 3 rings (SSSR count). The lowest BCUT2D eigenvalue weighted by Gasteiger charge is -2.17. The molecule has 0 amide bonds. The van der Waals surface area contributed by atoms with E-state index in [9.17, 15) is 4.39 Å². The third-order valence-corrected chi connectivity index (χ3v) is 5.50. The van der Waals surface area contributed by atoms with E-state index in [1.807, 2.05) is 36.5 Å². The first-order chi connectivity index (χ1) is 16.4. The zero-order valence-corrected chi connectivity index (χ0v) is 19.8. The minimum Gasteiger partial charge on any atom is -0.481 e. The number of methoxy groups -OCH3 is 1. The van der Waals surface area contributed by atoms with Crippen molar-refractivity contribution in [1.82, 2.24) is 5.32 Å². The van der Waals surface area contributed by atoms with Crippen LogP contribution in [-0.2, 0) is 22.7 Å². The van der Waals surface area contributed by atoms with Gasteiger partial charge in [-0.15, -0.1) is 0 Å². The maximum atomic E-state index is 14.0. The normalized spacial score (nSPS) is 14.0. The average Bonchev–Trinajstić information content (AvgIpc) is 3.65. The highest BCUT2D eigenvalue weighted by molar-refractivity contribution is 5.96. The average molecular weight is 465 g/mol. The number of hydrogen-bond donors (Lipinski definition) is 4. The maximum absolute atomic E-state index is 14.0. The molecule has 6 nitrogen and oxygen atoms in total. The first-order valence-corrected chi connectivity index (χ1v) is 11.4. The fraction of sp³-hybridized carbons (Fsp3) is 0.333. The molecule has 0 saturated heterocycles. The van der Waals surface area contributed by atoms with E-state index in [-0.39, 0.29) is 18.3 Å². The number of nitrogens with one attached hydrogen (secondary N) is 4. The Kier molecular flexibility index (Phi) is 9.40. The van der Waals surface area contributed by atoms with Crippen molar-refractivity contribution in [2.45, 2.75) is 39.4 Å². The van der Waals surface area contributed by atoms with E-state index >= 15 is 0 Å². The Hall–Kier alpha value is -3.45. The molecule has 0 aliphatic heterocycles. The van der Waals surface area contributed by atoms with Gasteiger partial charge in [0.15, 0.2) is 0 Å². The molecule has 0 atom stereocenters. The highest BCUT2D eigenvalue weighted by Crippen LogP contribution is 2.28. The Bertz CT molecular complexity index is 1050. The summed E-state index contributed by atoms with van der Waals surface area (Å²) in [6, 6.07) is 14.3. The molecule has 7 heteroatoms. The third-order valence-electron chi connectivity index (χ3n) is 5.50. The van der Waals surface area contributed by atoms with Crippen LogP contribution in [0.1, 0.15) is 37.3 Å². The Morgan fingerprint density at radius 2 is 1.88 bits per heavy atom. The first kappa shape index (κ1) is 25.2. The summed E-state index contributed by atoms with van der Waals surface area (Å²) in [5.41, 5.74) is 4.27. The standard InChI is InChI=1S/C27H33FN4O2/c1-19(29)22(16-31-15-20-8-9-20)13-25(14-27(30)33-2)32-26-11-10-24(28)12-23(26)18-34-17-21-6-4-3-5-7-21/h3-7,10-12,14,16,20,29-32H,8-9,13,15,17-18H2,1-2H3/b22-16-,25-14-,29-19?,30-27?. The first-order valence-electron chi connectivity index (χ1n) is 11.4. The lowest BCUT2D eigenvalue weighted by atomic mass is 10.1. The molecule has 1 fully saturated rings. The molecule has 2 aromatic carbocycles. The summed E-state index contributed by atoms with van der Waals surface area (Å²) >= 11 is 0. The second-order valence-electron chi connectivity index (χ2n) is 8.47. The zero-order chi connectivity index (χ0) is 24.3. The number of benzene rings is 2. The number of halogens is 1. The van der Waals surface area contributed by atoms with Crippen molar-refractivity contribution in [1.29, 1.82) is 10.8 Å². The highest BCUT2D eigenvalue weighted by atomic mass is 19.1. The van der Waals surface area contributed by atoms with E-state index in [2.05, 4.69) is 10.6 Å². The molecule has 0 heterocycles. The largest absolute Gasteiger partial charge is 0.481 e. The van der Waals surface area contributed by atoms with E-state index in [0.29, 0.717) is 35.7 Å². The Morgan fingerprint density at radius 3 is 2.56 bits per heavy atom. The van der Waals surface area contributed by atoms with Gasteiger partial charge in [0, 0.05) is 47.9 Å². The molecule has 0 aromatic heterocycles. The maximum Gasteiger partial charge on any atom is 0.207 e. The number of allylic oxidation sites excluding steroid dienone is 1. The Labute approximate surface area is 200 Å². The topological polar surface area (TPSA) is 90.2 Å². The van der Waals surface area contributed by atoms with Gasteiger partial charge in [-0.05, 0) is 55.0 Å². The summed E-state index contributed by atoms with van der Waals surface area (Å²) in [7, 11) is 1.44. The summed E-state index contributed by atoms with van der Waals surface area (Å²) in [5, 5.41) is 22.8. The van der Waals surface area contributed by atoms with Crippen LogP contribution in [-0.4, -0.2) is 25.3 Å². The van der Waals surface area contributed by atoms with Gasteiger partial charge >= 0.3 is 0 Å². The van der Waals surface area contributed by atoms with Crippen LogP contribution >= 0.6 is 0 Å². The fourth-order valence-electron chi connectivity index (χ4n) is 3.35. The van der Waals surface area contributed by atoms with Gasteiger partial charge in [-0.1, -0.05) is 30.3 Å². The molecule has 1 saturated carbocycles. The van der Waals surface area contributed by atoms with E-state index in [1.165, 1.54) is 32.1 Å². The molecule has 180 valence electrons. The molecule has 2 aromatic rings. The van der Waals surface area contributed by atoms with Gasteiger partial charge in [0.2, 0.25) is 5.90 Å². The van der Waals surface area contributed by atoms with Gasteiger partial charge in [-0.25, -0.2) is 4.39 Å². The van der Waals surface area contributed by atoms with E-state index in [0.717, 1.165) is 23.6 Å². The van der Waals surface area contributed by atoms with Crippen LogP contribution in [0.2, 0.25) is 0 Å². The predicted molar refractivity (Wildman–Crippen MR) is 135 cm³/mol. The molecule has 1 aliphatic carbocycles. The molecule has 4 N–H and O–H groups in total. The van der Waals surface area contributed by atoms with Gasteiger partial charge in [0.05, 0.1) is 20.3 Å². The van der Waals surface area contributed by atoms with E-state index < -0.39 is 0 Å². The minimum absolute atomic E-state index is 0.0144. The third kappa shape index (κ3) is 8.48. The van der Waals surface area contributed by atoms with E-state index in [4.69, 9.17) is 20.3 Å². The predicted octanol–water partition coefficient (Wildman–Crippen LogP) is 5.78. The number of anilines is 1. The quantitative estimate of drug-likeness (QED) is 0.224. The van der Waals surface area contributed by atoms with Crippen LogP contribution in [0.5, 0.6) is 0 Å². The summed E-state index contributed by atoms with van der Waals surface area (Å²) in [5.74, 6) is 0.356. The lowest BCUT2D eigenvalue weighted by Crippen LogP contribution is -2.14. The fourth-order valence-corrected chi connectivity index (χ4v) is 3.35. The van der Waals surface area contributed by atoms with Crippen LogP contribution in [0.15, 0.2) is 72.1 Å². The zero-order valence-electron chi connectivity index (χ0n) is 19.8. The molecular weight excluding hydrogens is 431 g/mol. The summed E-state index contributed by atoms with van der Waals surface area (Å²) in [4.78, 5) is 0. The van der Waals surface area contributed by atoms with Crippen LogP contribution in [0.25, 0.3) is 0 Å². The van der Waals surface area contributed by atoms with Crippen molar-refractivity contribution in [3.05, 3.63) is 89.0 Å². The number of rotatable bonds is 13. The van der Waals surface area contributed by atoms with Crippen LogP contribution in [0, 0.1) is 22.6 Å². The second kappa shape index (κ2) is 12.7.